The van der Waals surface area contributed by atoms with Crippen molar-refractivity contribution in [3.63, 3.8) is 0 Å². The summed E-state index contributed by atoms with van der Waals surface area (Å²) in [5, 5.41) is 13.9. The molecule has 0 aromatic heterocycles. The lowest BCUT2D eigenvalue weighted by atomic mass is 10.2. The van der Waals surface area contributed by atoms with E-state index >= 15 is 0 Å². The molecule has 0 saturated carbocycles. The van der Waals surface area contributed by atoms with E-state index in [4.69, 9.17) is 14.2 Å². The van der Waals surface area contributed by atoms with E-state index < -0.39 is 4.92 Å². The van der Waals surface area contributed by atoms with Crippen molar-refractivity contribution in [1.82, 2.24) is 0 Å². The Labute approximate surface area is 143 Å². The molecule has 0 fully saturated rings. The maximum absolute atomic E-state index is 11.9. The van der Waals surface area contributed by atoms with Crippen LogP contribution >= 0.6 is 0 Å². The van der Waals surface area contributed by atoms with Crippen molar-refractivity contribution in [2.45, 2.75) is 12.8 Å². The van der Waals surface area contributed by atoms with Crippen LogP contribution < -0.4 is 19.5 Å². The topological polar surface area (TPSA) is 99.9 Å². The van der Waals surface area contributed by atoms with Crippen LogP contribution in [-0.2, 0) is 4.79 Å². The predicted octanol–water partition coefficient (Wildman–Crippen LogP) is 3.12. The monoisotopic (exact) mass is 344 g/mol. The number of hydrogen-bond acceptors (Lipinski definition) is 7. The molecule has 0 saturated heterocycles. The summed E-state index contributed by atoms with van der Waals surface area (Å²) in [7, 11) is 0. The van der Waals surface area contributed by atoms with Crippen molar-refractivity contribution >= 4 is 17.3 Å². The van der Waals surface area contributed by atoms with Crippen molar-refractivity contribution in [2.75, 3.05) is 18.7 Å². The summed E-state index contributed by atoms with van der Waals surface area (Å²) >= 11 is 0. The van der Waals surface area contributed by atoms with Crippen LogP contribution in [0, 0.1) is 10.1 Å². The van der Waals surface area contributed by atoms with Gasteiger partial charge in [0.25, 0.3) is 5.69 Å². The molecule has 3 rings (SSSR count). The van der Waals surface area contributed by atoms with E-state index in [9.17, 15) is 14.9 Å². The van der Waals surface area contributed by atoms with Crippen LogP contribution in [-0.4, -0.2) is 24.2 Å². The molecule has 25 heavy (non-hydrogen) atoms. The van der Waals surface area contributed by atoms with Gasteiger partial charge in [0.15, 0.2) is 11.5 Å². The number of carbonyl (C=O) groups excluding carboxylic acids is 1. The lowest BCUT2D eigenvalue weighted by molar-refractivity contribution is -0.384. The highest BCUT2D eigenvalue weighted by atomic mass is 16.7. The molecule has 8 nitrogen and oxygen atoms in total. The van der Waals surface area contributed by atoms with Crippen LogP contribution in [0.25, 0.3) is 0 Å². The predicted molar refractivity (Wildman–Crippen MR) is 89.0 cm³/mol. The highest BCUT2D eigenvalue weighted by molar-refractivity contribution is 5.72. The van der Waals surface area contributed by atoms with Crippen LogP contribution in [0.5, 0.6) is 17.2 Å². The van der Waals surface area contributed by atoms with Gasteiger partial charge in [0.2, 0.25) is 6.79 Å². The summed E-state index contributed by atoms with van der Waals surface area (Å²) in [6.45, 7) is 0.575. The average molecular weight is 344 g/mol. The number of nitrogens with one attached hydrogen (secondary N) is 1. The summed E-state index contributed by atoms with van der Waals surface area (Å²) in [4.78, 5) is 22.3. The first-order valence-electron chi connectivity index (χ1n) is 7.71. The van der Waals surface area contributed by atoms with Crippen LogP contribution in [0.3, 0.4) is 0 Å². The van der Waals surface area contributed by atoms with Crippen molar-refractivity contribution in [2.24, 2.45) is 0 Å². The highest BCUT2D eigenvalue weighted by Gasteiger charge is 2.15. The molecule has 0 atom stereocenters. The van der Waals surface area contributed by atoms with Crippen LogP contribution in [0.1, 0.15) is 12.8 Å². The Morgan fingerprint density at radius 3 is 2.84 bits per heavy atom. The molecule has 2 aromatic carbocycles. The summed E-state index contributed by atoms with van der Waals surface area (Å²) in [5.41, 5.74) is 0.432. The Bertz CT molecular complexity index is 792. The number of anilines is 1. The third kappa shape index (κ3) is 4.17. The summed E-state index contributed by atoms with van der Waals surface area (Å²) in [5.74, 6) is 1.17. The van der Waals surface area contributed by atoms with Crippen molar-refractivity contribution < 1.29 is 23.9 Å². The maximum Gasteiger partial charge on any atom is 0.311 e. The van der Waals surface area contributed by atoms with Crippen molar-refractivity contribution in [3.05, 3.63) is 52.6 Å². The molecule has 0 radical (unpaired) electrons. The normalized spacial score (nSPS) is 11.8. The van der Waals surface area contributed by atoms with Gasteiger partial charge in [0, 0.05) is 25.1 Å². The Morgan fingerprint density at radius 2 is 2.00 bits per heavy atom. The molecule has 130 valence electrons. The third-order valence-corrected chi connectivity index (χ3v) is 3.55. The smallest absolute Gasteiger partial charge is 0.311 e. The SMILES string of the molecule is O=C(CCCNc1ccccc1[N+](=O)[O-])Oc1ccc2c(c1)OCO2. The third-order valence-electron chi connectivity index (χ3n) is 3.55. The molecule has 1 aliphatic heterocycles. The van der Waals surface area contributed by atoms with Gasteiger partial charge in [-0.3, -0.25) is 14.9 Å². The van der Waals surface area contributed by atoms with Crippen LogP contribution in [0.2, 0.25) is 0 Å². The molecule has 1 heterocycles. The summed E-state index contributed by atoms with van der Waals surface area (Å²) in [6.07, 6.45) is 0.664. The lowest BCUT2D eigenvalue weighted by Crippen LogP contribution is -2.11. The second-order valence-corrected chi connectivity index (χ2v) is 5.29. The molecule has 0 bridgehead atoms. The van der Waals surface area contributed by atoms with Gasteiger partial charge >= 0.3 is 5.97 Å². The van der Waals surface area contributed by atoms with Gasteiger partial charge < -0.3 is 19.5 Å². The number of para-hydroxylation sites is 2. The van der Waals surface area contributed by atoms with Gasteiger partial charge in [-0.2, -0.15) is 0 Å². The zero-order valence-corrected chi connectivity index (χ0v) is 13.3. The second-order valence-electron chi connectivity index (χ2n) is 5.29. The van der Waals surface area contributed by atoms with Gasteiger partial charge in [-0.15, -0.1) is 0 Å². The molecule has 1 N–H and O–H groups in total. The summed E-state index contributed by atoms with van der Waals surface area (Å²) < 4.78 is 15.7. The van der Waals surface area contributed by atoms with Gasteiger partial charge in [-0.05, 0) is 24.6 Å². The number of fused-ring (bicyclic) bond motifs is 1. The first kappa shape index (κ1) is 16.6. The number of nitro groups is 1. The highest BCUT2D eigenvalue weighted by Crippen LogP contribution is 2.35. The molecule has 0 amide bonds. The van der Waals surface area contributed by atoms with E-state index in [2.05, 4.69) is 5.32 Å². The number of carbonyl (C=O) groups is 1. The van der Waals surface area contributed by atoms with E-state index in [0.717, 1.165) is 0 Å². The molecule has 8 heteroatoms. The van der Waals surface area contributed by atoms with Gasteiger partial charge in [0.05, 0.1) is 4.92 Å². The Morgan fingerprint density at radius 1 is 1.20 bits per heavy atom. The first-order chi connectivity index (χ1) is 12.1. The van der Waals surface area contributed by atoms with Gasteiger partial charge in [0.1, 0.15) is 11.4 Å². The lowest BCUT2D eigenvalue weighted by Gasteiger charge is -2.07. The molecule has 0 aliphatic carbocycles. The van der Waals surface area contributed by atoms with Gasteiger partial charge in [-0.25, -0.2) is 0 Å². The largest absolute Gasteiger partial charge is 0.454 e. The number of benzene rings is 2. The second kappa shape index (κ2) is 7.52. The molecule has 0 spiro atoms. The fourth-order valence-corrected chi connectivity index (χ4v) is 2.36. The number of nitrogens with zero attached hydrogens (tertiary/aromatic N) is 1. The van der Waals surface area contributed by atoms with Crippen LogP contribution in [0.4, 0.5) is 11.4 Å². The van der Waals surface area contributed by atoms with Crippen LogP contribution in [0.15, 0.2) is 42.5 Å². The Balaban J connectivity index is 1.45. The molecular formula is C17H16N2O6. The van der Waals surface area contributed by atoms with E-state index in [1.54, 1.807) is 36.4 Å². The average Bonchev–Trinajstić information content (AvgIpc) is 3.06. The minimum absolute atomic E-state index is 0.00503. The molecule has 2 aromatic rings. The number of ether oxygens (including phenoxy) is 3. The number of esters is 1. The van der Waals surface area contributed by atoms with Crippen molar-refractivity contribution in [3.8, 4) is 17.2 Å². The number of rotatable bonds is 7. The van der Waals surface area contributed by atoms with E-state index in [1.807, 2.05) is 0 Å². The fourth-order valence-electron chi connectivity index (χ4n) is 2.36. The maximum atomic E-state index is 11.9. The standard InChI is InChI=1S/C17H16N2O6/c20-17(25-12-7-8-15-16(10-12)24-11-23-15)6-3-9-18-13-4-1-2-5-14(13)19(21)22/h1-2,4-5,7-8,10,18H,3,6,9,11H2. The number of hydrogen-bond donors (Lipinski definition) is 1. The Kier molecular flexibility index (Phi) is 4.98. The summed E-state index contributed by atoms with van der Waals surface area (Å²) in [6, 6.07) is 11.3. The zero-order chi connectivity index (χ0) is 17.6. The quantitative estimate of drug-likeness (QED) is 0.271. The molecule has 1 aliphatic rings. The van der Waals surface area contributed by atoms with E-state index in [1.165, 1.54) is 6.07 Å². The van der Waals surface area contributed by atoms with E-state index in [-0.39, 0.29) is 24.9 Å². The van der Waals surface area contributed by atoms with Crippen molar-refractivity contribution in [1.29, 1.82) is 0 Å². The van der Waals surface area contributed by atoms with Gasteiger partial charge in [-0.1, -0.05) is 12.1 Å². The van der Waals surface area contributed by atoms with E-state index in [0.29, 0.717) is 35.9 Å². The molecular weight excluding hydrogens is 328 g/mol. The zero-order valence-electron chi connectivity index (χ0n) is 13.3. The number of nitro benzene ring substituents is 1. The minimum Gasteiger partial charge on any atom is -0.454 e. The first-order valence-corrected chi connectivity index (χ1v) is 7.71. The molecule has 0 unspecified atom stereocenters. The Hall–Kier alpha value is -3.29. The minimum atomic E-state index is -0.448. The fraction of sp³-hybridized carbons (Fsp3) is 0.235.